The number of rotatable bonds is 3. The van der Waals surface area contributed by atoms with E-state index in [9.17, 15) is 0 Å². The van der Waals surface area contributed by atoms with Gasteiger partial charge in [0.15, 0.2) is 0 Å². The van der Waals surface area contributed by atoms with Crippen LogP contribution in [0.2, 0.25) is 0 Å². The Morgan fingerprint density at radius 1 is 0.472 bits per heavy atom. The molecule has 9 aromatic carbocycles. The van der Waals surface area contributed by atoms with Crippen molar-refractivity contribution in [3.05, 3.63) is 215 Å². The summed E-state index contributed by atoms with van der Waals surface area (Å²) in [7, 11) is 1.50. The second kappa shape index (κ2) is 13.0. The fraction of sp³-hybridized carbons (Fsp3) is 0.0784. The predicted molar refractivity (Wildman–Crippen MR) is 226 cm³/mol. The van der Waals surface area contributed by atoms with Crippen molar-refractivity contribution in [2.75, 3.05) is 7.05 Å². The molecular formula is C51H40N2. The van der Waals surface area contributed by atoms with E-state index in [-0.39, 0.29) is 11.5 Å². The summed E-state index contributed by atoms with van der Waals surface area (Å²) >= 11 is 0. The standard InChI is InChI=1S/C43H27N.C7H8.CH5N/c1-44-42(35-24-28-10-2-3-13-30(28)31-14-4-5-15-32(31)35)29-22-23-37-34(25-29)33-16-6-7-17-36(33)43(37)38-18-8-11-26-20-21-27-12-9-19-39(43)41(27)40(26)38;1-7-5-3-2-4-6-7;1-2/h2-25,42H,1H2;2-6H,1H3;2H2,1H3. The minimum atomic E-state index is -0.347. The van der Waals surface area contributed by atoms with E-state index in [1.807, 2.05) is 18.2 Å². The van der Waals surface area contributed by atoms with Gasteiger partial charge in [-0.25, -0.2) is 0 Å². The van der Waals surface area contributed by atoms with Gasteiger partial charge in [-0.3, -0.25) is 4.99 Å². The molecule has 0 saturated heterocycles. The number of fused-ring (bicyclic) bond motifs is 10. The Bertz CT molecular complexity index is 2790. The summed E-state index contributed by atoms with van der Waals surface area (Å²) in [5, 5.41) is 10.4. The first-order valence-corrected chi connectivity index (χ1v) is 18.3. The van der Waals surface area contributed by atoms with Gasteiger partial charge in [-0.2, -0.15) is 0 Å². The van der Waals surface area contributed by atoms with Crippen molar-refractivity contribution in [1.82, 2.24) is 0 Å². The normalized spacial score (nSPS) is 13.3. The molecule has 1 spiro atoms. The van der Waals surface area contributed by atoms with Crippen LogP contribution < -0.4 is 5.73 Å². The highest BCUT2D eigenvalue weighted by molar-refractivity contribution is 6.17. The van der Waals surface area contributed by atoms with Gasteiger partial charge in [0.2, 0.25) is 0 Å². The molecule has 53 heavy (non-hydrogen) atoms. The summed E-state index contributed by atoms with van der Waals surface area (Å²) < 4.78 is 0. The molecule has 0 aromatic heterocycles. The predicted octanol–water partition coefficient (Wildman–Crippen LogP) is 12.3. The Balaban J connectivity index is 0.000000370. The maximum Gasteiger partial charge on any atom is 0.0998 e. The number of hydrogen-bond donors (Lipinski definition) is 1. The molecule has 2 aliphatic carbocycles. The molecular weight excluding hydrogens is 641 g/mol. The first-order chi connectivity index (χ1) is 26.2. The SMILES string of the molecule is C=NC(c1ccc2c(c1)-c1ccccc1C21c2cccc3ccc4cccc1c4c23)c1cc2ccccc2c2ccccc12.CN.Cc1ccccc1. The summed E-state index contributed by atoms with van der Waals surface area (Å²) in [4.78, 5) is 4.80. The average Bonchev–Trinajstić information content (AvgIpc) is 3.70. The Morgan fingerprint density at radius 2 is 1.02 bits per heavy atom. The number of benzene rings is 9. The molecule has 0 aliphatic heterocycles. The molecule has 11 rings (SSSR count). The van der Waals surface area contributed by atoms with Gasteiger partial charge in [0, 0.05) is 0 Å². The molecule has 9 aromatic rings. The molecule has 0 bridgehead atoms. The van der Waals surface area contributed by atoms with Crippen LogP contribution in [0.25, 0.3) is 54.2 Å². The Hall–Kier alpha value is -6.35. The van der Waals surface area contributed by atoms with E-state index in [0.29, 0.717) is 0 Å². The third-order valence-corrected chi connectivity index (χ3v) is 11.3. The second-order valence-electron chi connectivity index (χ2n) is 13.9. The monoisotopic (exact) mass is 680 g/mol. The van der Waals surface area contributed by atoms with Crippen molar-refractivity contribution in [2.24, 2.45) is 10.7 Å². The topological polar surface area (TPSA) is 38.4 Å². The van der Waals surface area contributed by atoms with E-state index in [4.69, 9.17) is 4.99 Å². The van der Waals surface area contributed by atoms with E-state index in [1.54, 1.807) is 0 Å². The number of aryl methyl sites for hydroxylation is 1. The lowest BCUT2D eigenvalue weighted by Crippen LogP contribution is -2.26. The molecule has 0 saturated carbocycles. The van der Waals surface area contributed by atoms with Gasteiger partial charge < -0.3 is 5.73 Å². The zero-order valence-electron chi connectivity index (χ0n) is 30.1. The van der Waals surface area contributed by atoms with E-state index >= 15 is 0 Å². The minimum Gasteiger partial charge on any atom is -0.333 e. The van der Waals surface area contributed by atoms with Gasteiger partial charge in [0.05, 0.1) is 11.5 Å². The highest BCUT2D eigenvalue weighted by atomic mass is 14.7. The molecule has 0 heterocycles. The van der Waals surface area contributed by atoms with Gasteiger partial charge in [0.1, 0.15) is 0 Å². The Labute approximate surface area is 310 Å². The van der Waals surface area contributed by atoms with Crippen LogP contribution in [0.3, 0.4) is 0 Å². The van der Waals surface area contributed by atoms with Gasteiger partial charge >= 0.3 is 0 Å². The highest BCUT2D eigenvalue weighted by Gasteiger charge is 2.50. The average molecular weight is 681 g/mol. The van der Waals surface area contributed by atoms with E-state index < -0.39 is 0 Å². The van der Waals surface area contributed by atoms with Gasteiger partial charge in [-0.1, -0.05) is 169 Å². The maximum atomic E-state index is 4.80. The zero-order valence-corrected chi connectivity index (χ0v) is 30.1. The summed E-state index contributed by atoms with van der Waals surface area (Å²) in [6.07, 6.45) is 0. The Morgan fingerprint density at radius 3 is 1.68 bits per heavy atom. The smallest absolute Gasteiger partial charge is 0.0998 e. The van der Waals surface area contributed by atoms with Crippen LogP contribution in [-0.4, -0.2) is 13.8 Å². The maximum absolute atomic E-state index is 4.80. The lowest BCUT2D eigenvalue weighted by atomic mass is 9.70. The van der Waals surface area contributed by atoms with Crippen LogP contribution >= 0.6 is 0 Å². The third-order valence-electron chi connectivity index (χ3n) is 11.3. The molecule has 0 fully saturated rings. The highest BCUT2D eigenvalue weighted by Crippen LogP contribution is 2.62. The van der Waals surface area contributed by atoms with E-state index in [0.717, 1.165) is 5.56 Å². The molecule has 2 aliphatic rings. The van der Waals surface area contributed by atoms with Crippen molar-refractivity contribution in [2.45, 2.75) is 18.4 Å². The number of nitrogens with two attached hydrogens (primary N) is 1. The third kappa shape index (κ3) is 4.80. The molecule has 2 nitrogen and oxygen atoms in total. The largest absolute Gasteiger partial charge is 0.333 e. The summed E-state index contributed by atoms with van der Waals surface area (Å²) in [5.41, 5.74) is 15.9. The fourth-order valence-corrected chi connectivity index (χ4v) is 9.21. The Kier molecular flexibility index (Phi) is 7.99. The summed E-state index contributed by atoms with van der Waals surface area (Å²) in [6.45, 7) is 6.22. The van der Waals surface area contributed by atoms with Crippen molar-refractivity contribution in [1.29, 1.82) is 0 Å². The minimum absolute atomic E-state index is 0.189. The molecule has 0 amide bonds. The van der Waals surface area contributed by atoms with Crippen molar-refractivity contribution >= 4 is 49.8 Å². The van der Waals surface area contributed by atoms with Crippen molar-refractivity contribution in [3.63, 3.8) is 0 Å². The number of aliphatic imine (C=N–C) groups is 1. The van der Waals surface area contributed by atoms with Crippen LogP contribution in [0, 0.1) is 6.92 Å². The number of hydrogen-bond acceptors (Lipinski definition) is 2. The van der Waals surface area contributed by atoms with Crippen LogP contribution in [0.4, 0.5) is 0 Å². The lowest BCUT2D eigenvalue weighted by molar-refractivity contribution is 0.795. The quantitative estimate of drug-likeness (QED) is 0.146. The van der Waals surface area contributed by atoms with Crippen LogP contribution in [0.5, 0.6) is 0 Å². The summed E-state index contributed by atoms with van der Waals surface area (Å²) in [5.74, 6) is 0. The second-order valence-corrected chi connectivity index (χ2v) is 13.9. The molecule has 2 N–H and O–H groups in total. The van der Waals surface area contributed by atoms with E-state index in [2.05, 4.69) is 177 Å². The van der Waals surface area contributed by atoms with Crippen LogP contribution in [0.1, 0.15) is 45.0 Å². The summed E-state index contributed by atoms with van der Waals surface area (Å²) in [6, 6.07) is 64.1. The zero-order chi connectivity index (χ0) is 36.1. The van der Waals surface area contributed by atoms with Gasteiger partial charge in [0.25, 0.3) is 0 Å². The molecule has 254 valence electrons. The first kappa shape index (κ1) is 32.6. The fourth-order valence-electron chi connectivity index (χ4n) is 9.21. The lowest BCUT2D eigenvalue weighted by Gasteiger charge is -2.31. The first-order valence-electron chi connectivity index (χ1n) is 18.3. The number of nitrogens with zero attached hydrogens (tertiary/aromatic N) is 1. The molecule has 1 atom stereocenters. The van der Waals surface area contributed by atoms with Gasteiger partial charge in [-0.15, -0.1) is 0 Å². The van der Waals surface area contributed by atoms with E-state index in [1.165, 1.54) is 94.6 Å². The van der Waals surface area contributed by atoms with Gasteiger partial charge in [-0.05, 0) is 120 Å². The van der Waals surface area contributed by atoms with Crippen LogP contribution in [0.15, 0.2) is 181 Å². The molecule has 1 unspecified atom stereocenters. The van der Waals surface area contributed by atoms with Crippen molar-refractivity contribution < 1.29 is 0 Å². The molecule has 2 heteroatoms. The molecule has 0 radical (unpaired) electrons. The van der Waals surface area contributed by atoms with Crippen molar-refractivity contribution in [3.8, 4) is 11.1 Å². The van der Waals surface area contributed by atoms with Crippen LogP contribution in [-0.2, 0) is 5.41 Å².